The molecular formula is C17H23ClN2O3. The molecule has 0 aromatic heterocycles. The van der Waals surface area contributed by atoms with Gasteiger partial charge in [0.15, 0.2) is 0 Å². The van der Waals surface area contributed by atoms with Crippen LogP contribution in [0.15, 0.2) is 24.3 Å². The van der Waals surface area contributed by atoms with Gasteiger partial charge in [-0.15, -0.1) is 0 Å². The minimum Gasteiger partial charge on any atom is -0.481 e. The first kappa shape index (κ1) is 17.6. The van der Waals surface area contributed by atoms with Gasteiger partial charge in [-0.05, 0) is 49.3 Å². The van der Waals surface area contributed by atoms with Crippen LogP contribution in [0.5, 0.6) is 0 Å². The van der Waals surface area contributed by atoms with E-state index in [-0.39, 0.29) is 12.5 Å². The van der Waals surface area contributed by atoms with Crippen molar-refractivity contribution >= 4 is 23.6 Å². The molecular weight excluding hydrogens is 316 g/mol. The molecule has 1 saturated carbocycles. The monoisotopic (exact) mass is 338 g/mol. The van der Waals surface area contributed by atoms with Crippen LogP contribution in [-0.4, -0.2) is 41.6 Å². The van der Waals surface area contributed by atoms with E-state index in [1.54, 1.807) is 0 Å². The minimum absolute atomic E-state index is 0.0771. The number of carbonyl (C=O) groups excluding carboxylic acids is 1. The van der Waals surface area contributed by atoms with Crippen LogP contribution >= 0.6 is 11.6 Å². The van der Waals surface area contributed by atoms with Crippen molar-refractivity contribution in [3.8, 4) is 0 Å². The van der Waals surface area contributed by atoms with Gasteiger partial charge in [0.2, 0.25) is 0 Å². The molecule has 0 saturated heterocycles. The van der Waals surface area contributed by atoms with Crippen LogP contribution < -0.4 is 5.32 Å². The van der Waals surface area contributed by atoms with Crippen LogP contribution in [0.25, 0.3) is 0 Å². The van der Waals surface area contributed by atoms with Crippen LogP contribution in [-0.2, 0) is 11.2 Å². The number of hydrogen-bond donors (Lipinski definition) is 2. The van der Waals surface area contributed by atoms with Crippen molar-refractivity contribution in [1.29, 1.82) is 0 Å². The van der Waals surface area contributed by atoms with E-state index >= 15 is 0 Å². The summed E-state index contributed by atoms with van der Waals surface area (Å²) in [5.74, 6) is -0.221. The van der Waals surface area contributed by atoms with Gasteiger partial charge in [-0.25, -0.2) is 4.79 Å². The van der Waals surface area contributed by atoms with E-state index in [1.807, 2.05) is 29.2 Å². The molecule has 2 rings (SSSR count). The first-order valence-electron chi connectivity index (χ1n) is 8.03. The molecule has 0 bridgehead atoms. The molecule has 6 heteroatoms. The Morgan fingerprint density at radius 1 is 1.26 bits per heavy atom. The molecule has 0 atom stereocenters. The van der Waals surface area contributed by atoms with Gasteiger partial charge in [0.25, 0.3) is 0 Å². The minimum atomic E-state index is -0.836. The zero-order valence-corrected chi connectivity index (χ0v) is 13.9. The summed E-state index contributed by atoms with van der Waals surface area (Å²) < 4.78 is 0. The summed E-state index contributed by atoms with van der Waals surface area (Å²) in [5.41, 5.74) is 1.15. The van der Waals surface area contributed by atoms with Crippen LogP contribution in [0.2, 0.25) is 5.02 Å². The molecule has 0 unspecified atom stereocenters. The second kappa shape index (κ2) is 8.77. The third-order valence-electron chi connectivity index (χ3n) is 3.89. The maximum Gasteiger partial charge on any atom is 0.317 e. The van der Waals surface area contributed by atoms with E-state index in [0.717, 1.165) is 18.5 Å². The van der Waals surface area contributed by atoms with Crippen molar-refractivity contribution in [1.82, 2.24) is 10.2 Å². The van der Waals surface area contributed by atoms with Gasteiger partial charge in [0.05, 0.1) is 0 Å². The van der Waals surface area contributed by atoms with Crippen LogP contribution in [0.4, 0.5) is 4.79 Å². The third kappa shape index (κ3) is 6.91. The molecule has 1 aromatic rings. The lowest BCUT2D eigenvalue weighted by molar-refractivity contribution is -0.137. The number of carboxylic acid groups (broad SMARTS) is 1. The first-order chi connectivity index (χ1) is 11.0. The number of carbonyl (C=O) groups is 2. The van der Waals surface area contributed by atoms with Crippen LogP contribution in [0.1, 0.15) is 31.2 Å². The van der Waals surface area contributed by atoms with Gasteiger partial charge in [0.1, 0.15) is 0 Å². The fraction of sp³-hybridized carbons (Fsp3) is 0.529. The van der Waals surface area contributed by atoms with E-state index in [1.165, 1.54) is 12.8 Å². The highest BCUT2D eigenvalue weighted by molar-refractivity contribution is 6.30. The Morgan fingerprint density at radius 2 is 1.96 bits per heavy atom. The molecule has 2 amide bonds. The van der Waals surface area contributed by atoms with Gasteiger partial charge in [0, 0.05) is 31.1 Å². The van der Waals surface area contributed by atoms with Crippen LogP contribution in [0, 0.1) is 5.92 Å². The Balaban J connectivity index is 1.79. The van der Waals surface area contributed by atoms with Gasteiger partial charge in [-0.1, -0.05) is 23.7 Å². The zero-order chi connectivity index (χ0) is 16.7. The molecule has 0 spiro atoms. The summed E-state index contributed by atoms with van der Waals surface area (Å²) >= 11 is 5.88. The number of nitrogens with one attached hydrogen (secondary N) is 1. The topological polar surface area (TPSA) is 69.6 Å². The van der Waals surface area contributed by atoms with E-state index in [2.05, 4.69) is 5.32 Å². The molecule has 1 aliphatic rings. The zero-order valence-electron chi connectivity index (χ0n) is 13.1. The Kier molecular flexibility index (Phi) is 6.71. The SMILES string of the molecule is O=C(O)CCCNC(=O)N(CCc1ccc(Cl)cc1)CC1CC1. The summed E-state index contributed by atoms with van der Waals surface area (Å²) in [4.78, 5) is 24.6. The fourth-order valence-corrected chi connectivity index (χ4v) is 2.48. The number of nitrogens with zero attached hydrogens (tertiary/aromatic N) is 1. The van der Waals surface area contributed by atoms with E-state index in [4.69, 9.17) is 16.7 Å². The molecule has 5 nitrogen and oxygen atoms in total. The molecule has 126 valence electrons. The fourth-order valence-electron chi connectivity index (χ4n) is 2.35. The maximum absolute atomic E-state index is 12.3. The summed E-state index contributed by atoms with van der Waals surface area (Å²) in [5, 5.41) is 12.1. The van der Waals surface area contributed by atoms with E-state index < -0.39 is 5.97 Å². The molecule has 23 heavy (non-hydrogen) atoms. The lowest BCUT2D eigenvalue weighted by Crippen LogP contribution is -2.42. The number of halogens is 1. The second-order valence-corrected chi connectivity index (χ2v) is 6.43. The number of amides is 2. The lowest BCUT2D eigenvalue weighted by atomic mass is 10.1. The van der Waals surface area contributed by atoms with Crippen molar-refractivity contribution in [2.45, 2.75) is 32.1 Å². The number of rotatable bonds is 9. The molecule has 1 fully saturated rings. The summed E-state index contributed by atoms with van der Waals surface area (Å²) in [6.45, 7) is 1.83. The lowest BCUT2D eigenvalue weighted by Gasteiger charge is -2.23. The Morgan fingerprint density at radius 3 is 2.57 bits per heavy atom. The summed E-state index contributed by atoms with van der Waals surface area (Å²) in [7, 11) is 0. The van der Waals surface area contributed by atoms with Gasteiger partial charge >= 0.3 is 12.0 Å². The highest BCUT2D eigenvalue weighted by Gasteiger charge is 2.26. The number of benzene rings is 1. The highest BCUT2D eigenvalue weighted by Crippen LogP contribution is 2.29. The van der Waals surface area contributed by atoms with Crippen LogP contribution in [0.3, 0.4) is 0 Å². The van der Waals surface area contributed by atoms with Crippen molar-refractivity contribution in [3.63, 3.8) is 0 Å². The molecule has 0 aliphatic heterocycles. The van der Waals surface area contributed by atoms with E-state index in [0.29, 0.717) is 30.5 Å². The molecule has 0 radical (unpaired) electrons. The molecule has 2 N–H and O–H groups in total. The maximum atomic E-state index is 12.3. The average Bonchev–Trinajstić information content (AvgIpc) is 3.33. The Labute approximate surface area is 141 Å². The third-order valence-corrected chi connectivity index (χ3v) is 4.14. The number of carboxylic acids is 1. The molecule has 1 aromatic carbocycles. The van der Waals surface area contributed by atoms with Gasteiger partial charge in [-0.2, -0.15) is 0 Å². The second-order valence-electron chi connectivity index (χ2n) is 6.00. The largest absolute Gasteiger partial charge is 0.481 e. The van der Waals surface area contributed by atoms with Gasteiger partial charge in [-0.3, -0.25) is 4.79 Å². The van der Waals surface area contributed by atoms with Crippen molar-refractivity contribution in [2.75, 3.05) is 19.6 Å². The smallest absolute Gasteiger partial charge is 0.317 e. The Bertz CT molecular complexity index is 529. The summed E-state index contributed by atoms with van der Waals surface area (Å²) in [6, 6.07) is 7.56. The van der Waals surface area contributed by atoms with Crippen molar-refractivity contribution in [2.24, 2.45) is 5.92 Å². The standard InChI is InChI=1S/C17H23ClN2O3/c18-15-7-5-13(6-8-15)9-11-20(12-14-3-4-14)17(23)19-10-1-2-16(21)22/h5-8,14H,1-4,9-12H2,(H,19,23)(H,21,22). The van der Waals surface area contributed by atoms with Gasteiger partial charge < -0.3 is 15.3 Å². The molecule has 1 aliphatic carbocycles. The highest BCUT2D eigenvalue weighted by atomic mass is 35.5. The summed E-state index contributed by atoms with van der Waals surface area (Å²) in [6.07, 6.45) is 3.68. The first-order valence-corrected chi connectivity index (χ1v) is 8.41. The quantitative estimate of drug-likeness (QED) is 0.679. The predicted molar refractivity (Wildman–Crippen MR) is 89.7 cm³/mol. The van der Waals surface area contributed by atoms with Crippen molar-refractivity contribution in [3.05, 3.63) is 34.9 Å². The van der Waals surface area contributed by atoms with Crippen molar-refractivity contribution < 1.29 is 14.7 Å². The predicted octanol–water partition coefficient (Wildman–Crippen LogP) is 3.17. The Hall–Kier alpha value is -1.75. The molecule has 0 heterocycles. The number of hydrogen-bond acceptors (Lipinski definition) is 2. The van der Waals surface area contributed by atoms with E-state index in [9.17, 15) is 9.59 Å². The normalized spacial score (nSPS) is 13.6. The number of aliphatic carboxylic acids is 1. The average molecular weight is 339 g/mol. The number of urea groups is 1.